The van der Waals surface area contributed by atoms with Crippen molar-refractivity contribution < 1.29 is 4.42 Å². The number of rotatable bonds is 2. The Hall–Kier alpha value is -0.410. The predicted octanol–water partition coefficient (Wildman–Crippen LogP) is 1.56. The van der Waals surface area contributed by atoms with Crippen LogP contribution < -0.4 is 0 Å². The SMILES string of the molecule is CN(S)Cc1ccco1. The van der Waals surface area contributed by atoms with Gasteiger partial charge >= 0.3 is 0 Å². The summed E-state index contributed by atoms with van der Waals surface area (Å²) in [5.41, 5.74) is 0. The second-order valence-electron chi connectivity index (χ2n) is 1.90. The van der Waals surface area contributed by atoms with E-state index in [1.165, 1.54) is 0 Å². The molecule has 0 unspecified atom stereocenters. The highest BCUT2D eigenvalue weighted by Gasteiger charge is 1.95. The van der Waals surface area contributed by atoms with Crippen molar-refractivity contribution in [2.24, 2.45) is 0 Å². The van der Waals surface area contributed by atoms with E-state index in [2.05, 4.69) is 12.8 Å². The maximum Gasteiger partial charge on any atom is 0.118 e. The van der Waals surface area contributed by atoms with Crippen molar-refractivity contribution in [1.82, 2.24) is 4.31 Å². The molecule has 0 amide bonds. The van der Waals surface area contributed by atoms with E-state index in [9.17, 15) is 0 Å². The average Bonchev–Trinajstić information content (AvgIpc) is 2.15. The van der Waals surface area contributed by atoms with Gasteiger partial charge in [-0.15, -0.1) is 0 Å². The average molecular weight is 143 g/mol. The van der Waals surface area contributed by atoms with E-state index in [-0.39, 0.29) is 0 Å². The fraction of sp³-hybridized carbons (Fsp3) is 0.333. The zero-order chi connectivity index (χ0) is 6.69. The maximum absolute atomic E-state index is 5.05. The molecule has 0 atom stereocenters. The summed E-state index contributed by atoms with van der Waals surface area (Å²) < 4.78 is 6.82. The fourth-order valence-electron chi connectivity index (χ4n) is 0.628. The lowest BCUT2D eigenvalue weighted by atomic mass is 10.4. The van der Waals surface area contributed by atoms with Crippen molar-refractivity contribution in [3.05, 3.63) is 24.2 Å². The largest absolute Gasteiger partial charge is 0.468 e. The Morgan fingerprint density at radius 3 is 3.00 bits per heavy atom. The fourth-order valence-corrected chi connectivity index (χ4v) is 0.767. The topological polar surface area (TPSA) is 16.4 Å². The van der Waals surface area contributed by atoms with E-state index >= 15 is 0 Å². The summed E-state index contributed by atoms with van der Waals surface area (Å²) in [5, 5.41) is 0. The third kappa shape index (κ3) is 2.11. The normalized spacial score (nSPS) is 10.6. The van der Waals surface area contributed by atoms with Gasteiger partial charge in [-0.05, 0) is 19.2 Å². The highest BCUT2D eigenvalue weighted by molar-refractivity contribution is 7.77. The molecule has 1 heterocycles. The van der Waals surface area contributed by atoms with Crippen LogP contribution in [0.15, 0.2) is 22.8 Å². The van der Waals surface area contributed by atoms with Crippen molar-refractivity contribution in [3.8, 4) is 0 Å². The van der Waals surface area contributed by atoms with E-state index in [1.54, 1.807) is 10.6 Å². The van der Waals surface area contributed by atoms with Crippen molar-refractivity contribution in [3.63, 3.8) is 0 Å². The first-order valence-corrected chi connectivity index (χ1v) is 3.11. The summed E-state index contributed by atoms with van der Waals surface area (Å²) in [6.07, 6.45) is 1.66. The molecule has 0 N–H and O–H groups in total. The van der Waals surface area contributed by atoms with Crippen molar-refractivity contribution in [1.29, 1.82) is 0 Å². The number of nitrogens with zero attached hydrogens (tertiary/aromatic N) is 1. The lowest BCUT2D eigenvalue weighted by Crippen LogP contribution is -2.02. The molecule has 50 valence electrons. The molecule has 0 aromatic carbocycles. The van der Waals surface area contributed by atoms with Gasteiger partial charge in [0.1, 0.15) is 5.76 Å². The molecule has 0 radical (unpaired) electrons. The molecular weight excluding hydrogens is 134 g/mol. The molecule has 1 rings (SSSR count). The molecule has 0 bridgehead atoms. The number of furan rings is 1. The zero-order valence-corrected chi connectivity index (χ0v) is 6.14. The molecular formula is C6H9NOS. The second kappa shape index (κ2) is 2.94. The molecule has 9 heavy (non-hydrogen) atoms. The van der Waals surface area contributed by atoms with Crippen LogP contribution in [0.3, 0.4) is 0 Å². The highest BCUT2D eigenvalue weighted by Crippen LogP contribution is 2.03. The minimum atomic E-state index is 0.746. The summed E-state index contributed by atoms with van der Waals surface area (Å²) in [5.74, 6) is 0.938. The highest BCUT2D eigenvalue weighted by atomic mass is 32.1. The minimum Gasteiger partial charge on any atom is -0.468 e. The molecule has 1 aromatic heterocycles. The summed E-state index contributed by atoms with van der Waals surface area (Å²) in [4.78, 5) is 0. The van der Waals surface area contributed by atoms with Gasteiger partial charge in [0.05, 0.1) is 12.8 Å². The smallest absolute Gasteiger partial charge is 0.118 e. The first kappa shape index (κ1) is 6.71. The molecule has 0 aliphatic heterocycles. The zero-order valence-electron chi connectivity index (χ0n) is 5.24. The van der Waals surface area contributed by atoms with Crippen LogP contribution in [0.5, 0.6) is 0 Å². The Kier molecular flexibility index (Phi) is 2.19. The lowest BCUT2D eigenvalue weighted by Gasteiger charge is -2.03. The van der Waals surface area contributed by atoms with E-state index in [4.69, 9.17) is 4.42 Å². The van der Waals surface area contributed by atoms with Gasteiger partial charge in [0.25, 0.3) is 0 Å². The Morgan fingerprint density at radius 2 is 2.56 bits per heavy atom. The van der Waals surface area contributed by atoms with Gasteiger partial charge < -0.3 is 4.42 Å². The predicted molar refractivity (Wildman–Crippen MR) is 39.2 cm³/mol. The molecule has 1 aromatic rings. The third-order valence-corrected chi connectivity index (χ3v) is 1.11. The van der Waals surface area contributed by atoms with Crippen LogP contribution in [0, 0.1) is 0 Å². The second-order valence-corrected chi connectivity index (χ2v) is 2.58. The van der Waals surface area contributed by atoms with E-state index < -0.39 is 0 Å². The monoisotopic (exact) mass is 143 g/mol. The minimum absolute atomic E-state index is 0.746. The van der Waals surface area contributed by atoms with E-state index in [0.717, 1.165) is 12.3 Å². The van der Waals surface area contributed by atoms with E-state index in [1.807, 2.05) is 19.2 Å². The first-order chi connectivity index (χ1) is 4.29. The standard InChI is InChI=1S/C6H9NOS/c1-7(9)5-6-3-2-4-8-6/h2-4,9H,5H2,1H3. The van der Waals surface area contributed by atoms with Gasteiger partial charge in [0.2, 0.25) is 0 Å². The summed E-state index contributed by atoms with van der Waals surface area (Å²) in [6.45, 7) is 0.746. The first-order valence-electron chi connectivity index (χ1n) is 2.71. The van der Waals surface area contributed by atoms with Crippen LogP contribution in [0.1, 0.15) is 5.76 Å². The van der Waals surface area contributed by atoms with Gasteiger partial charge in [0, 0.05) is 0 Å². The lowest BCUT2D eigenvalue weighted by molar-refractivity contribution is 0.441. The van der Waals surface area contributed by atoms with Crippen LogP contribution in [-0.2, 0) is 6.54 Å². The van der Waals surface area contributed by atoms with Gasteiger partial charge in [-0.2, -0.15) is 0 Å². The number of thiol groups is 1. The van der Waals surface area contributed by atoms with Gasteiger partial charge in [0.15, 0.2) is 0 Å². The van der Waals surface area contributed by atoms with Gasteiger partial charge in [-0.3, -0.25) is 0 Å². The van der Waals surface area contributed by atoms with Crippen LogP contribution in [0.4, 0.5) is 0 Å². The molecule has 0 saturated carbocycles. The van der Waals surface area contributed by atoms with Crippen LogP contribution in [-0.4, -0.2) is 11.4 Å². The Bertz CT molecular complexity index is 160. The van der Waals surface area contributed by atoms with Crippen molar-refractivity contribution in [2.45, 2.75) is 6.54 Å². The summed E-state index contributed by atoms with van der Waals surface area (Å²) >= 11 is 4.06. The van der Waals surface area contributed by atoms with Crippen LogP contribution in [0.25, 0.3) is 0 Å². The number of hydrogen-bond donors (Lipinski definition) is 1. The molecule has 0 spiro atoms. The molecule has 0 aliphatic rings. The summed E-state index contributed by atoms with van der Waals surface area (Å²) in [7, 11) is 1.88. The van der Waals surface area contributed by atoms with Gasteiger partial charge in [-0.1, -0.05) is 12.8 Å². The van der Waals surface area contributed by atoms with Crippen molar-refractivity contribution in [2.75, 3.05) is 7.05 Å². The summed E-state index contributed by atoms with van der Waals surface area (Å²) in [6, 6.07) is 3.79. The van der Waals surface area contributed by atoms with Crippen molar-refractivity contribution >= 4 is 12.8 Å². The Labute approximate surface area is 60.0 Å². The Morgan fingerprint density at radius 1 is 1.78 bits per heavy atom. The quantitative estimate of drug-likeness (QED) is 0.632. The molecule has 3 heteroatoms. The molecule has 0 fully saturated rings. The molecule has 0 saturated heterocycles. The van der Waals surface area contributed by atoms with Crippen LogP contribution >= 0.6 is 12.8 Å². The maximum atomic E-state index is 5.05. The van der Waals surface area contributed by atoms with Crippen LogP contribution in [0.2, 0.25) is 0 Å². The molecule has 2 nitrogen and oxygen atoms in total. The number of hydrogen-bond acceptors (Lipinski definition) is 3. The van der Waals surface area contributed by atoms with Gasteiger partial charge in [-0.25, -0.2) is 4.31 Å². The molecule has 0 aliphatic carbocycles. The Balaban J connectivity index is 2.48. The third-order valence-electron chi connectivity index (χ3n) is 0.965. The van der Waals surface area contributed by atoms with E-state index in [0.29, 0.717) is 0 Å².